The molecule has 1 aliphatic rings. The number of hydrogen-bond acceptors (Lipinski definition) is 2. The van der Waals surface area contributed by atoms with Crippen LogP contribution >= 0.6 is 27.5 Å². The summed E-state index contributed by atoms with van der Waals surface area (Å²) in [7, 11) is 0. The van der Waals surface area contributed by atoms with Gasteiger partial charge in [0.15, 0.2) is 5.15 Å². The Balaban J connectivity index is 1.66. The Labute approximate surface area is 132 Å². The lowest BCUT2D eigenvalue weighted by Crippen LogP contribution is -2.34. The Morgan fingerprint density at radius 1 is 1.25 bits per heavy atom. The third kappa shape index (κ3) is 2.70. The lowest BCUT2D eigenvalue weighted by Gasteiger charge is -2.37. The number of nitrogens with zero attached hydrogens (tertiary/aromatic N) is 1. The zero-order valence-electron chi connectivity index (χ0n) is 11.2. The minimum atomic E-state index is 0.479. The Kier molecular flexibility index (Phi) is 3.99. The van der Waals surface area contributed by atoms with Crippen LogP contribution in [0, 0.1) is 6.92 Å². The lowest BCUT2D eigenvalue weighted by molar-refractivity contribution is 0.373. The van der Waals surface area contributed by atoms with Gasteiger partial charge in [0.1, 0.15) is 0 Å². The first-order chi connectivity index (χ1) is 9.65. The molecule has 20 heavy (non-hydrogen) atoms. The highest BCUT2D eigenvalue weighted by Gasteiger charge is 2.31. The van der Waals surface area contributed by atoms with E-state index in [0.29, 0.717) is 17.1 Å². The molecule has 4 heteroatoms. The number of aromatic nitrogens is 1. The number of benzene rings is 1. The molecule has 0 spiro atoms. The number of hydrogen-bond donors (Lipinski definition) is 1. The van der Waals surface area contributed by atoms with Gasteiger partial charge in [-0.3, -0.25) is 0 Å². The largest absolute Gasteiger partial charge is 0.380 e. The maximum Gasteiger partial charge on any atom is 0.152 e. The molecule has 104 valence electrons. The standard InChI is InChI=1S/C16H16BrClN2/c1-10-6-7-19-16(18)15(10)20-12-8-11(9-12)13-4-2-3-5-14(13)17/h2-7,11-12,20H,8-9H2,1H3. The van der Waals surface area contributed by atoms with Crippen molar-refractivity contribution in [2.45, 2.75) is 31.7 Å². The lowest BCUT2D eigenvalue weighted by atomic mass is 9.76. The highest BCUT2D eigenvalue weighted by atomic mass is 79.9. The van der Waals surface area contributed by atoms with Crippen molar-refractivity contribution in [3.8, 4) is 0 Å². The van der Waals surface area contributed by atoms with E-state index in [4.69, 9.17) is 11.6 Å². The van der Waals surface area contributed by atoms with Gasteiger partial charge in [-0.15, -0.1) is 0 Å². The van der Waals surface area contributed by atoms with E-state index in [1.807, 2.05) is 6.07 Å². The van der Waals surface area contributed by atoms with Crippen LogP contribution in [-0.4, -0.2) is 11.0 Å². The van der Waals surface area contributed by atoms with Crippen LogP contribution in [0.5, 0.6) is 0 Å². The Bertz CT molecular complexity index is 603. The fourth-order valence-electron chi connectivity index (χ4n) is 2.70. The van der Waals surface area contributed by atoms with Crippen molar-refractivity contribution < 1.29 is 0 Å². The average Bonchev–Trinajstić information content (AvgIpc) is 2.37. The van der Waals surface area contributed by atoms with E-state index in [1.165, 1.54) is 10.0 Å². The molecule has 1 aliphatic carbocycles. The van der Waals surface area contributed by atoms with Gasteiger partial charge in [-0.25, -0.2) is 4.98 Å². The van der Waals surface area contributed by atoms with Gasteiger partial charge in [-0.2, -0.15) is 0 Å². The molecular formula is C16H16BrClN2. The van der Waals surface area contributed by atoms with Crippen molar-refractivity contribution in [2.24, 2.45) is 0 Å². The van der Waals surface area contributed by atoms with Crippen LogP contribution in [0.3, 0.4) is 0 Å². The van der Waals surface area contributed by atoms with Crippen LogP contribution in [-0.2, 0) is 0 Å². The first-order valence-corrected chi connectivity index (χ1v) is 7.94. The first-order valence-electron chi connectivity index (χ1n) is 6.77. The van der Waals surface area contributed by atoms with Gasteiger partial charge in [-0.05, 0) is 48.9 Å². The second-order valence-electron chi connectivity index (χ2n) is 5.32. The van der Waals surface area contributed by atoms with E-state index in [9.17, 15) is 0 Å². The number of pyridine rings is 1. The predicted octanol–water partition coefficient (Wildman–Crippen LogP) is 5.16. The molecular weight excluding hydrogens is 336 g/mol. The van der Waals surface area contributed by atoms with Gasteiger partial charge in [0.25, 0.3) is 0 Å². The molecule has 3 rings (SSSR count). The van der Waals surface area contributed by atoms with Crippen molar-refractivity contribution in [1.29, 1.82) is 0 Å². The highest BCUT2D eigenvalue weighted by Crippen LogP contribution is 2.42. The third-order valence-electron chi connectivity index (χ3n) is 3.94. The van der Waals surface area contributed by atoms with E-state index in [2.05, 4.69) is 57.4 Å². The summed E-state index contributed by atoms with van der Waals surface area (Å²) in [5, 5.41) is 4.09. The van der Waals surface area contributed by atoms with Crippen LogP contribution in [0.4, 0.5) is 5.69 Å². The van der Waals surface area contributed by atoms with Crippen molar-refractivity contribution in [3.05, 3.63) is 57.3 Å². The maximum absolute atomic E-state index is 6.15. The van der Waals surface area contributed by atoms with E-state index in [1.54, 1.807) is 6.20 Å². The molecule has 2 aromatic rings. The zero-order valence-corrected chi connectivity index (χ0v) is 13.6. The fraction of sp³-hybridized carbons (Fsp3) is 0.312. The quantitative estimate of drug-likeness (QED) is 0.772. The number of anilines is 1. The van der Waals surface area contributed by atoms with Crippen LogP contribution < -0.4 is 5.32 Å². The van der Waals surface area contributed by atoms with E-state index in [0.717, 1.165) is 24.1 Å². The van der Waals surface area contributed by atoms with Crippen molar-refractivity contribution in [1.82, 2.24) is 4.98 Å². The Morgan fingerprint density at radius 3 is 2.70 bits per heavy atom. The minimum absolute atomic E-state index is 0.479. The highest BCUT2D eigenvalue weighted by molar-refractivity contribution is 9.10. The minimum Gasteiger partial charge on any atom is -0.380 e. The van der Waals surface area contributed by atoms with Crippen LogP contribution in [0.25, 0.3) is 0 Å². The van der Waals surface area contributed by atoms with Gasteiger partial charge >= 0.3 is 0 Å². The monoisotopic (exact) mass is 350 g/mol. The predicted molar refractivity (Wildman–Crippen MR) is 87.5 cm³/mol. The summed E-state index contributed by atoms with van der Waals surface area (Å²) in [4.78, 5) is 4.14. The average molecular weight is 352 g/mol. The zero-order chi connectivity index (χ0) is 14.1. The summed E-state index contributed by atoms with van der Waals surface area (Å²) in [6.45, 7) is 2.06. The molecule has 1 N–H and O–H groups in total. The van der Waals surface area contributed by atoms with Crippen LogP contribution in [0.15, 0.2) is 41.0 Å². The maximum atomic E-state index is 6.15. The Hall–Kier alpha value is -1.06. The van der Waals surface area contributed by atoms with Gasteiger partial charge < -0.3 is 5.32 Å². The molecule has 0 aliphatic heterocycles. The molecule has 2 nitrogen and oxygen atoms in total. The molecule has 0 radical (unpaired) electrons. The second kappa shape index (κ2) is 5.74. The van der Waals surface area contributed by atoms with Gasteiger partial charge in [0, 0.05) is 16.7 Å². The summed E-state index contributed by atoms with van der Waals surface area (Å²) in [5.41, 5.74) is 3.53. The summed E-state index contributed by atoms with van der Waals surface area (Å²) < 4.78 is 1.21. The van der Waals surface area contributed by atoms with Gasteiger partial charge in [0.05, 0.1) is 5.69 Å². The molecule has 0 bridgehead atoms. The van der Waals surface area contributed by atoms with E-state index < -0.39 is 0 Å². The molecule has 1 heterocycles. The summed E-state index contributed by atoms with van der Waals surface area (Å²) >= 11 is 9.78. The first kappa shape index (κ1) is 13.9. The molecule has 1 aromatic heterocycles. The van der Waals surface area contributed by atoms with Gasteiger partial charge in [0.2, 0.25) is 0 Å². The van der Waals surface area contributed by atoms with Crippen LogP contribution in [0.1, 0.15) is 29.9 Å². The number of aryl methyl sites for hydroxylation is 1. The second-order valence-corrected chi connectivity index (χ2v) is 6.54. The molecule has 1 fully saturated rings. The van der Waals surface area contributed by atoms with Crippen LogP contribution in [0.2, 0.25) is 5.15 Å². The number of rotatable bonds is 3. The number of nitrogens with one attached hydrogen (secondary N) is 1. The number of halogens is 2. The SMILES string of the molecule is Cc1ccnc(Cl)c1NC1CC(c2ccccc2Br)C1. The normalized spacial score (nSPS) is 21.4. The molecule has 0 atom stereocenters. The molecule has 0 unspecified atom stereocenters. The topological polar surface area (TPSA) is 24.9 Å². The van der Waals surface area contributed by atoms with E-state index >= 15 is 0 Å². The van der Waals surface area contributed by atoms with Crippen molar-refractivity contribution in [3.63, 3.8) is 0 Å². The smallest absolute Gasteiger partial charge is 0.152 e. The molecule has 0 amide bonds. The summed E-state index contributed by atoms with van der Waals surface area (Å²) in [6.07, 6.45) is 4.01. The summed E-state index contributed by atoms with van der Waals surface area (Å²) in [5.74, 6) is 0.624. The summed E-state index contributed by atoms with van der Waals surface area (Å²) in [6, 6.07) is 10.9. The van der Waals surface area contributed by atoms with Crippen molar-refractivity contribution in [2.75, 3.05) is 5.32 Å². The molecule has 0 saturated heterocycles. The molecule has 1 aromatic carbocycles. The van der Waals surface area contributed by atoms with Gasteiger partial charge in [-0.1, -0.05) is 45.7 Å². The fourth-order valence-corrected chi connectivity index (χ4v) is 3.57. The third-order valence-corrected chi connectivity index (χ3v) is 4.95. The Morgan fingerprint density at radius 2 is 2.00 bits per heavy atom. The molecule has 1 saturated carbocycles. The van der Waals surface area contributed by atoms with E-state index in [-0.39, 0.29) is 0 Å². The van der Waals surface area contributed by atoms with Crippen molar-refractivity contribution >= 4 is 33.2 Å².